The smallest absolute Gasteiger partial charge is 0.0372 e. The third-order valence-corrected chi connectivity index (χ3v) is 4.16. The van der Waals surface area contributed by atoms with Gasteiger partial charge < -0.3 is 5.32 Å². The summed E-state index contributed by atoms with van der Waals surface area (Å²) >= 11 is 3.50. The number of hydrogen-bond acceptors (Lipinski definition) is 1. The van der Waals surface area contributed by atoms with Crippen LogP contribution in [0, 0.1) is 12.8 Å². The molecule has 2 atom stereocenters. The Morgan fingerprint density at radius 1 is 1.38 bits per heavy atom. The summed E-state index contributed by atoms with van der Waals surface area (Å²) in [6, 6.07) is 7.15. The van der Waals surface area contributed by atoms with E-state index in [1.165, 1.54) is 36.9 Å². The first-order valence-corrected chi connectivity index (χ1v) is 7.01. The van der Waals surface area contributed by atoms with Crippen LogP contribution in [0.25, 0.3) is 0 Å². The molecule has 2 unspecified atom stereocenters. The third-order valence-electron chi connectivity index (χ3n) is 3.67. The largest absolute Gasteiger partial charge is 0.382 e. The van der Waals surface area contributed by atoms with E-state index >= 15 is 0 Å². The van der Waals surface area contributed by atoms with E-state index in [4.69, 9.17) is 0 Å². The Morgan fingerprint density at radius 3 is 2.81 bits per heavy atom. The fourth-order valence-corrected chi connectivity index (χ4v) is 3.06. The van der Waals surface area contributed by atoms with Gasteiger partial charge in [-0.15, -0.1) is 0 Å². The van der Waals surface area contributed by atoms with Crippen molar-refractivity contribution < 1.29 is 0 Å². The lowest BCUT2D eigenvalue weighted by Gasteiger charge is -2.16. The quantitative estimate of drug-likeness (QED) is 0.843. The fourth-order valence-electron chi connectivity index (χ4n) is 2.59. The number of aryl methyl sites for hydroxylation is 1. The lowest BCUT2D eigenvalue weighted by atomic mass is 10.1. The number of benzene rings is 1. The summed E-state index contributed by atoms with van der Waals surface area (Å²) in [6.07, 6.45) is 5.39. The molecule has 0 aliphatic heterocycles. The highest BCUT2D eigenvalue weighted by Gasteiger charge is 2.23. The van der Waals surface area contributed by atoms with Crippen molar-refractivity contribution in [3.63, 3.8) is 0 Å². The average Bonchev–Trinajstić information content (AvgIpc) is 2.70. The molecule has 0 radical (unpaired) electrons. The molecule has 1 nitrogen and oxygen atoms in total. The van der Waals surface area contributed by atoms with Crippen LogP contribution in [0.1, 0.15) is 38.2 Å². The first-order valence-electron chi connectivity index (χ1n) is 6.21. The van der Waals surface area contributed by atoms with Gasteiger partial charge in [0.2, 0.25) is 0 Å². The molecule has 1 aromatic rings. The molecule has 16 heavy (non-hydrogen) atoms. The normalized spacial score (nSPS) is 24.7. The molecule has 1 aliphatic rings. The number of anilines is 1. The molecular weight excluding hydrogens is 262 g/mol. The van der Waals surface area contributed by atoms with Crippen molar-refractivity contribution in [2.75, 3.05) is 5.32 Å². The van der Waals surface area contributed by atoms with E-state index in [9.17, 15) is 0 Å². The summed E-state index contributed by atoms with van der Waals surface area (Å²) in [5.41, 5.74) is 2.62. The number of hydrogen-bond donors (Lipinski definition) is 1. The van der Waals surface area contributed by atoms with E-state index in [0.29, 0.717) is 6.04 Å². The van der Waals surface area contributed by atoms with Gasteiger partial charge in [-0.3, -0.25) is 0 Å². The minimum absolute atomic E-state index is 0.685. The standard InChI is InChI=1S/C14H20BrN/c1-3-11-4-6-13(9-11)16-14-7-5-12(15)8-10(14)2/h5,7-8,11,13,16H,3-4,6,9H2,1-2H3. The summed E-state index contributed by atoms with van der Waals surface area (Å²) in [4.78, 5) is 0. The lowest BCUT2D eigenvalue weighted by Crippen LogP contribution is -2.16. The molecule has 0 aromatic heterocycles. The molecule has 88 valence electrons. The molecule has 1 aromatic carbocycles. The zero-order chi connectivity index (χ0) is 11.5. The number of rotatable bonds is 3. The Kier molecular flexibility index (Phi) is 3.91. The molecular formula is C14H20BrN. The van der Waals surface area contributed by atoms with Crippen molar-refractivity contribution in [2.45, 2.75) is 45.6 Å². The minimum Gasteiger partial charge on any atom is -0.382 e. The predicted molar refractivity (Wildman–Crippen MR) is 73.9 cm³/mol. The van der Waals surface area contributed by atoms with Crippen LogP contribution in [-0.4, -0.2) is 6.04 Å². The van der Waals surface area contributed by atoms with Gasteiger partial charge in [-0.25, -0.2) is 0 Å². The molecule has 0 amide bonds. The maximum absolute atomic E-state index is 3.68. The minimum atomic E-state index is 0.685. The van der Waals surface area contributed by atoms with Gasteiger partial charge in [0.25, 0.3) is 0 Å². The Bertz CT molecular complexity index is 362. The van der Waals surface area contributed by atoms with Crippen molar-refractivity contribution >= 4 is 21.6 Å². The van der Waals surface area contributed by atoms with Crippen LogP contribution in [-0.2, 0) is 0 Å². The number of nitrogens with one attached hydrogen (secondary N) is 1. The predicted octanol–water partition coefficient (Wildman–Crippen LogP) is 4.75. The highest BCUT2D eigenvalue weighted by Crippen LogP contribution is 2.31. The molecule has 1 N–H and O–H groups in total. The SMILES string of the molecule is CCC1CCC(Nc2ccc(Br)cc2C)C1. The monoisotopic (exact) mass is 281 g/mol. The van der Waals surface area contributed by atoms with Gasteiger partial charge in [0.15, 0.2) is 0 Å². The van der Waals surface area contributed by atoms with Crippen LogP contribution in [0.5, 0.6) is 0 Å². The van der Waals surface area contributed by atoms with Gasteiger partial charge in [-0.05, 0) is 55.9 Å². The second kappa shape index (κ2) is 5.22. The molecule has 0 saturated heterocycles. The second-order valence-corrected chi connectivity index (χ2v) is 5.80. The molecule has 2 rings (SSSR count). The van der Waals surface area contributed by atoms with Gasteiger partial charge in [-0.2, -0.15) is 0 Å². The van der Waals surface area contributed by atoms with Crippen molar-refractivity contribution in [3.05, 3.63) is 28.2 Å². The van der Waals surface area contributed by atoms with E-state index < -0.39 is 0 Å². The molecule has 0 bridgehead atoms. The van der Waals surface area contributed by atoms with Crippen molar-refractivity contribution in [1.29, 1.82) is 0 Å². The third kappa shape index (κ3) is 2.79. The molecule has 1 aliphatic carbocycles. The van der Waals surface area contributed by atoms with Crippen molar-refractivity contribution in [3.8, 4) is 0 Å². The first kappa shape index (κ1) is 12.0. The van der Waals surface area contributed by atoms with E-state index in [1.54, 1.807) is 0 Å². The maximum Gasteiger partial charge on any atom is 0.0372 e. The Hall–Kier alpha value is -0.500. The van der Waals surface area contributed by atoms with Gasteiger partial charge in [-0.1, -0.05) is 29.3 Å². The van der Waals surface area contributed by atoms with E-state index in [0.717, 1.165) is 10.4 Å². The second-order valence-electron chi connectivity index (χ2n) is 4.89. The Morgan fingerprint density at radius 2 is 2.19 bits per heavy atom. The van der Waals surface area contributed by atoms with Crippen LogP contribution in [0.15, 0.2) is 22.7 Å². The fraction of sp³-hybridized carbons (Fsp3) is 0.571. The van der Waals surface area contributed by atoms with Crippen molar-refractivity contribution in [1.82, 2.24) is 0 Å². The summed E-state index contributed by atoms with van der Waals surface area (Å²) in [5.74, 6) is 0.938. The number of halogens is 1. The molecule has 1 saturated carbocycles. The summed E-state index contributed by atoms with van der Waals surface area (Å²) in [5, 5.41) is 3.68. The average molecular weight is 282 g/mol. The highest BCUT2D eigenvalue weighted by atomic mass is 79.9. The lowest BCUT2D eigenvalue weighted by molar-refractivity contribution is 0.525. The summed E-state index contributed by atoms with van der Waals surface area (Å²) in [6.45, 7) is 4.47. The summed E-state index contributed by atoms with van der Waals surface area (Å²) in [7, 11) is 0. The zero-order valence-electron chi connectivity index (χ0n) is 10.1. The van der Waals surface area contributed by atoms with Crippen LogP contribution in [0.3, 0.4) is 0 Å². The van der Waals surface area contributed by atoms with Gasteiger partial charge in [0.05, 0.1) is 0 Å². The van der Waals surface area contributed by atoms with E-state index in [2.05, 4.69) is 53.3 Å². The Balaban J connectivity index is 1.99. The molecule has 1 fully saturated rings. The van der Waals surface area contributed by atoms with E-state index in [-0.39, 0.29) is 0 Å². The zero-order valence-corrected chi connectivity index (χ0v) is 11.7. The maximum atomic E-state index is 3.68. The topological polar surface area (TPSA) is 12.0 Å². The van der Waals surface area contributed by atoms with Crippen LogP contribution < -0.4 is 5.32 Å². The first-order chi connectivity index (χ1) is 7.69. The molecule has 0 heterocycles. The highest BCUT2D eigenvalue weighted by molar-refractivity contribution is 9.10. The Labute approximate surface area is 107 Å². The van der Waals surface area contributed by atoms with Gasteiger partial charge >= 0.3 is 0 Å². The van der Waals surface area contributed by atoms with Crippen LogP contribution in [0.2, 0.25) is 0 Å². The van der Waals surface area contributed by atoms with Gasteiger partial charge in [0.1, 0.15) is 0 Å². The van der Waals surface area contributed by atoms with Crippen LogP contribution in [0.4, 0.5) is 5.69 Å². The van der Waals surface area contributed by atoms with E-state index in [1.807, 2.05) is 0 Å². The van der Waals surface area contributed by atoms with Gasteiger partial charge in [0, 0.05) is 16.2 Å². The van der Waals surface area contributed by atoms with Crippen LogP contribution >= 0.6 is 15.9 Å². The molecule has 0 spiro atoms. The van der Waals surface area contributed by atoms with Crippen molar-refractivity contribution in [2.24, 2.45) is 5.92 Å². The summed E-state index contributed by atoms with van der Waals surface area (Å²) < 4.78 is 1.16. The molecule has 2 heteroatoms.